The van der Waals surface area contributed by atoms with Crippen LogP contribution in [-0.2, 0) is 11.3 Å². The number of carbonyl (C=O) groups excluding carboxylic acids is 1. The van der Waals surface area contributed by atoms with Gasteiger partial charge in [-0.3, -0.25) is 4.79 Å². The summed E-state index contributed by atoms with van der Waals surface area (Å²) in [5, 5.41) is 7.59. The lowest BCUT2D eigenvalue weighted by Crippen LogP contribution is -2.19. The van der Waals surface area contributed by atoms with Gasteiger partial charge in [-0.15, -0.1) is 0 Å². The van der Waals surface area contributed by atoms with Crippen molar-refractivity contribution in [1.82, 2.24) is 9.78 Å². The summed E-state index contributed by atoms with van der Waals surface area (Å²) >= 11 is 0. The summed E-state index contributed by atoms with van der Waals surface area (Å²) in [4.78, 5) is 13.2. The molecule has 0 unspecified atom stereocenters. The van der Waals surface area contributed by atoms with Gasteiger partial charge in [-0.25, -0.2) is 4.68 Å². The van der Waals surface area contributed by atoms with E-state index in [9.17, 15) is 4.79 Å². The molecule has 6 heteroatoms. The first kappa shape index (κ1) is 23.1. The summed E-state index contributed by atoms with van der Waals surface area (Å²) in [7, 11) is 3.22. The summed E-state index contributed by atoms with van der Waals surface area (Å²) in [5.74, 6) is 1.92. The number of carbonyl (C=O) groups is 1. The molecular formula is C28H29N3O3. The number of benzene rings is 3. The second kappa shape index (κ2) is 10.7. The summed E-state index contributed by atoms with van der Waals surface area (Å²) in [6.45, 7) is 2.43. The molecule has 4 aromatic rings. The van der Waals surface area contributed by atoms with Crippen LogP contribution < -0.4 is 14.8 Å². The average molecular weight is 456 g/mol. The van der Waals surface area contributed by atoms with Crippen molar-refractivity contribution in [3.05, 3.63) is 107 Å². The molecule has 0 saturated heterocycles. The topological polar surface area (TPSA) is 65.4 Å². The average Bonchev–Trinajstić information content (AvgIpc) is 3.21. The Morgan fingerprint density at radius 1 is 0.912 bits per heavy atom. The Morgan fingerprint density at radius 2 is 1.53 bits per heavy atom. The molecule has 0 saturated carbocycles. The smallest absolute Gasteiger partial charge is 0.226 e. The van der Waals surface area contributed by atoms with Crippen LogP contribution in [0.15, 0.2) is 85.1 Å². The molecule has 0 radical (unpaired) electrons. The molecule has 1 aromatic heterocycles. The fraction of sp³-hybridized carbons (Fsp3) is 0.214. The largest absolute Gasteiger partial charge is 0.493 e. The summed E-state index contributed by atoms with van der Waals surface area (Å²) < 4.78 is 12.5. The van der Waals surface area contributed by atoms with Crippen LogP contribution in [0.25, 0.3) is 0 Å². The number of hydrogen-bond donors (Lipinski definition) is 1. The highest BCUT2D eigenvalue weighted by atomic mass is 16.5. The van der Waals surface area contributed by atoms with Crippen molar-refractivity contribution < 1.29 is 14.3 Å². The van der Waals surface area contributed by atoms with Crippen molar-refractivity contribution in [2.24, 2.45) is 0 Å². The van der Waals surface area contributed by atoms with Gasteiger partial charge in [0.1, 0.15) is 5.82 Å². The van der Waals surface area contributed by atoms with Crippen LogP contribution in [0.2, 0.25) is 0 Å². The minimum absolute atomic E-state index is 0.0371. The first-order valence-electron chi connectivity index (χ1n) is 11.2. The fourth-order valence-electron chi connectivity index (χ4n) is 4.08. The lowest BCUT2D eigenvalue weighted by atomic mass is 9.88. The van der Waals surface area contributed by atoms with E-state index >= 15 is 0 Å². The fourth-order valence-corrected chi connectivity index (χ4v) is 4.08. The first-order valence-corrected chi connectivity index (χ1v) is 11.2. The number of nitrogens with one attached hydrogen (secondary N) is 1. The van der Waals surface area contributed by atoms with E-state index in [1.165, 1.54) is 0 Å². The normalized spacial score (nSPS) is 10.8. The maximum Gasteiger partial charge on any atom is 0.226 e. The molecule has 0 atom stereocenters. The number of methoxy groups -OCH3 is 2. The highest BCUT2D eigenvalue weighted by Gasteiger charge is 2.20. The number of aryl methyl sites for hydroxylation is 1. The predicted octanol–water partition coefficient (Wildman–Crippen LogP) is 5.42. The number of ether oxygens (including phenoxy) is 2. The monoisotopic (exact) mass is 455 g/mol. The van der Waals surface area contributed by atoms with Crippen LogP contribution in [0.5, 0.6) is 11.5 Å². The zero-order chi connectivity index (χ0) is 23.9. The number of aromatic nitrogens is 2. The zero-order valence-electron chi connectivity index (χ0n) is 19.7. The van der Waals surface area contributed by atoms with Gasteiger partial charge in [0.25, 0.3) is 0 Å². The highest BCUT2D eigenvalue weighted by molar-refractivity contribution is 5.91. The van der Waals surface area contributed by atoms with Crippen molar-refractivity contribution >= 4 is 11.7 Å². The summed E-state index contributed by atoms with van der Waals surface area (Å²) in [6, 6.07) is 26.0. The van der Waals surface area contributed by atoms with E-state index in [-0.39, 0.29) is 11.8 Å². The zero-order valence-corrected chi connectivity index (χ0v) is 19.7. The lowest BCUT2D eigenvalue weighted by molar-refractivity contribution is -0.116. The molecule has 34 heavy (non-hydrogen) atoms. The molecule has 3 aromatic carbocycles. The number of nitrogens with zero attached hydrogens (tertiary/aromatic N) is 2. The van der Waals surface area contributed by atoms with Gasteiger partial charge in [-0.1, -0.05) is 66.7 Å². The number of rotatable bonds is 9. The third-order valence-corrected chi connectivity index (χ3v) is 5.85. The van der Waals surface area contributed by atoms with Crippen molar-refractivity contribution in [3.8, 4) is 11.5 Å². The minimum atomic E-state index is -0.0603. The van der Waals surface area contributed by atoms with Crippen molar-refractivity contribution in [2.45, 2.75) is 25.8 Å². The molecule has 0 aliphatic rings. The van der Waals surface area contributed by atoms with Crippen molar-refractivity contribution in [2.75, 3.05) is 19.5 Å². The van der Waals surface area contributed by atoms with Crippen LogP contribution in [0.3, 0.4) is 0 Å². The summed E-state index contributed by atoms with van der Waals surface area (Å²) in [6.07, 6.45) is 2.09. The Bertz CT molecular complexity index is 1200. The molecular weight excluding hydrogens is 426 g/mol. The number of anilines is 1. The Balaban J connectivity index is 1.54. The molecule has 174 valence electrons. The van der Waals surface area contributed by atoms with Gasteiger partial charge >= 0.3 is 0 Å². The standard InChI is InChI=1S/C28H29N3O3/c1-20-18-29-31(19-21-14-15-25(33-2)26(16-21)34-3)28(20)30-27(32)17-24(22-10-6-4-7-11-22)23-12-8-5-9-13-23/h4-16,18,24H,17,19H2,1-3H3,(H,30,32). The lowest BCUT2D eigenvalue weighted by Gasteiger charge is -2.18. The molecule has 0 aliphatic carbocycles. The SMILES string of the molecule is COc1ccc(Cn2ncc(C)c2NC(=O)CC(c2ccccc2)c2ccccc2)cc1OC. The van der Waals surface area contributed by atoms with E-state index in [4.69, 9.17) is 9.47 Å². The van der Waals surface area contributed by atoms with Crippen molar-refractivity contribution in [3.63, 3.8) is 0 Å². The van der Waals surface area contributed by atoms with E-state index in [0.29, 0.717) is 30.3 Å². The van der Waals surface area contributed by atoms with E-state index in [1.807, 2.05) is 61.5 Å². The van der Waals surface area contributed by atoms with Gasteiger partial charge in [0.2, 0.25) is 5.91 Å². The molecule has 0 bridgehead atoms. The van der Waals surface area contributed by atoms with Crippen LogP contribution in [0, 0.1) is 6.92 Å². The van der Waals surface area contributed by atoms with E-state index in [1.54, 1.807) is 25.1 Å². The van der Waals surface area contributed by atoms with Gasteiger partial charge in [0.05, 0.1) is 27.0 Å². The minimum Gasteiger partial charge on any atom is -0.493 e. The third kappa shape index (κ3) is 5.29. The molecule has 0 fully saturated rings. The second-order valence-electron chi connectivity index (χ2n) is 8.15. The van der Waals surface area contributed by atoms with Crippen LogP contribution in [0.4, 0.5) is 5.82 Å². The number of hydrogen-bond acceptors (Lipinski definition) is 4. The molecule has 6 nitrogen and oxygen atoms in total. The Kier molecular flexibility index (Phi) is 7.28. The van der Waals surface area contributed by atoms with E-state index < -0.39 is 0 Å². The van der Waals surface area contributed by atoms with E-state index in [0.717, 1.165) is 22.3 Å². The van der Waals surface area contributed by atoms with Gasteiger partial charge < -0.3 is 14.8 Å². The molecule has 1 heterocycles. The Hall–Kier alpha value is -4.06. The van der Waals surface area contributed by atoms with Crippen molar-refractivity contribution in [1.29, 1.82) is 0 Å². The molecule has 4 rings (SSSR count). The van der Waals surface area contributed by atoms with Gasteiger partial charge in [-0.05, 0) is 35.7 Å². The van der Waals surface area contributed by atoms with Crippen LogP contribution in [-0.4, -0.2) is 29.9 Å². The van der Waals surface area contributed by atoms with E-state index in [2.05, 4.69) is 34.7 Å². The predicted molar refractivity (Wildman–Crippen MR) is 134 cm³/mol. The molecule has 1 amide bonds. The Morgan fingerprint density at radius 3 is 2.12 bits per heavy atom. The summed E-state index contributed by atoms with van der Waals surface area (Å²) in [5.41, 5.74) is 4.12. The molecule has 0 spiro atoms. The maximum absolute atomic E-state index is 13.2. The van der Waals surface area contributed by atoms with Crippen LogP contribution >= 0.6 is 0 Å². The second-order valence-corrected chi connectivity index (χ2v) is 8.15. The first-order chi connectivity index (χ1) is 16.6. The van der Waals surface area contributed by atoms with Crippen LogP contribution in [0.1, 0.15) is 34.6 Å². The third-order valence-electron chi connectivity index (χ3n) is 5.85. The maximum atomic E-state index is 13.2. The van der Waals surface area contributed by atoms with Gasteiger partial charge in [0.15, 0.2) is 11.5 Å². The molecule has 0 aliphatic heterocycles. The molecule has 1 N–H and O–H groups in total. The van der Waals surface area contributed by atoms with Gasteiger partial charge in [-0.2, -0.15) is 5.10 Å². The quantitative estimate of drug-likeness (QED) is 0.366. The highest BCUT2D eigenvalue weighted by Crippen LogP contribution is 2.30. The Labute approximate surface area is 200 Å². The number of amides is 1. The van der Waals surface area contributed by atoms with Gasteiger partial charge in [0, 0.05) is 17.9 Å².